The molecular formula is C16H24N2O5. The van der Waals surface area contributed by atoms with Gasteiger partial charge in [-0.25, -0.2) is 9.59 Å². The van der Waals surface area contributed by atoms with Crippen LogP contribution in [-0.2, 0) is 16.0 Å². The highest BCUT2D eigenvalue weighted by Gasteiger charge is 2.22. The van der Waals surface area contributed by atoms with Gasteiger partial charge in [0.25, 0.3) is 0 Å². The molecule has 0 aliphatic rings. The zero-order valence-electron chi connectivity index (χ0n) is 13.7. The summed E-state index contributed by atoms with van der Waals surface area (Å²) in [6.45, 7) is 4.34. The number of alkyl carbamates (subject to hydrolysis) is 1. The number of carboxylic acids is 1. The number of carbonyl (C=O) groups excluding carboxylic acids is 1. The number of hydrogen-bond acceptors (Lipinski definition) is 5. The van der Waals surface area contributed by atoms with Gasteiger partial charge >= 0.3 is 12.1 Å². The average molecular weight is 324 g/mol. The van der Waals surface area contributed by atoms with E-state index >= 15 is 0 Å². The molecule has 23 heavy (non-hydrogen) atoms. The number of nitrogens with two attached hydrogens (primary N) is 1. The molecule has 0 heterocycles. The predicted molar refractivity (Wildman–Crippen MR) is 86.3 cm³/mol. The van der Waals surface area contributed by atoms with E-state index in [1.807, 2.05) is 13.8 Å². The fourth-order valence-electron chi connectivity index (χ4n) is 2.04. The van der Waals surface area contributed by atoms with Gasteiger partial charge < -0.3 is 25.6 Å². The highest BCUT2D eigenvalue weighted by atomic mass is 16.6. The number of carboxylic acid groups (broad SMARTS) is 1. The van der Waals surface area contributed by atoms with E-state index in [0.717, 1.165) is 6.42 Å². The summed E-state index contributed by atoms with van der Waals surface area (Å²) in [6.07, 6.45) is 0.877. The Labute approximate surface area is 135 Å². The smallest absolute Gasteiger partial charge is 0.407 e. The molecule has 1 aromatic rings. The number of rotatable bonds is 8. The molecule has 128 valence electrons. The lowest BCUT2D eigenvalue weighted by Crippen LogP contribution is -2.34. The first-order valence-electron chi connectivity index (χ1n) is 7.32. The normalized spacial score (nSPS) is 11.1. The second-order valence-corrected chi connectivity index (χ2v) is 5.82. The van der Waals surface area contributed by atoms with Crippen molar-refractivity contribution in [2.24, 2.45) is 0 Å². The largest absolute Gasteiger partial charge is 0.478 e. The summed E-state index contributed by atoms with van der Waals surface area (Å²) in [4.78, 5) is 22.8. The average Bonchev–Trinajstić information content (AvgIpc) is 2.45. The molecule has 0 aromatic heterocycles. The number of amides is 1. The van der Waals surface area contributed by atoms with Crippen LogP contribution in [-0.4, -0.2) is 36.5 Å². The first-order chi connectivity index (χ1) is 10.7. The maximum atomic E-state index is 11.9. The predicted octanol–water partition coefficient (Wildman–Crippen LogP) is 2.40. The van der Waals surface area contributed by atoms with Crippen LogP contribution in [0.5, 0.6) is 0 Å². The van der Waals surface area contributed by atoms with Gasteiger partial charge in [-0.15, -0.1) is 0 Å². The van der Waals surface area contributed by atoms with Crippen molar-refractivity contribution in [3.63, 3.8) is 0 Å². The summed E-state index contributed by atoms with van der Waals surface area (Å²) in [5.41, 5.74) is 6.22. The van der Waals surface area contributed by atoms with E-state index in [1.54, 1.807) is 7.11 Å². The summed E-state index contributed by atoms with van der Waals surface area (Å²) < 4.78 is 10.3. The lowest BCUT2D eigenvalue weighted by molar-refractivity contribution is 0.0258. The first-order valence-corrected chi connectivity index (χ1v) is 7.32. The number of nitrogen functional groups attached to an aromatic ring is 1. The number of carbonyl (C=O) groups is 2. The third kappa shape index (κ3) is 6.56. The Kier molecular flexibility index (Phi) is 6.84. The molecular weight excluding hydrogens is 300 g/mol. The van der Waals surface area contributed by atoms with Crippen molar-refractivity contribution in [3.05, 3.63) is 29.3 Å². The van der Waals surface area contributed by atoms with Gasteiger partial charge in [-0.3, -0.25) is 0 Å². The Morgan fingerprint density at radius 1 is 1.35 bits per heavy atom. The zero-order valence-corrected chi connectivity index (χ0v) is 13.7. The molecule has 0 bridgehead atoms. The quantitative estimate of drug-likeness (QED) is 0.500. The highest BCUT2D eigenvalue weighted by molar-refractivity contribution is 5.88. The molecule has 4 N–H and O–H groups in total. The molecule has 0 radical (unpaired) electrons. The van der Waals surface area contributed by atoms with Crippen molar-refractivity contribution in [3.8, 4) is 0 Å². The van der Waals surface area contributed by atoms with Gasteiger partial charge in [-0.1, -0.05) is 0 Å². The molecule has 1 rings (SSSR count). The van der Waals surface area contributed by atoms with Gasteiger partial charge in [-0.2, -0.15) is 0 Å². The Hall–Kier alpha value is -2.28. The summed E-state index contributed by atoms with van der Waals surface area (Å²) in [7, 11) is 1.62. The Bertz CT molecular complexity index is 557. The number of benzene rings is 1. The minimum absolute atomic E-state index is 0.0972. The zero-order chi connectivity index (χ0) is 17.5. The molecule has 0 unspecified atom stereocenters. The monoisotopic (exact) mass is 324 g/mol. The van der Waals surface area contributed by atoms with Crippen molar-refractivity contribution in [1.29, 1.82) is 0 Å². The minimum Gasteiger partial charge on any atom is -0.478 e. The number of aromatic carboxylic acids is 1. The van der Waals surface area contributed by atoms with Crippen molar-refractivity contribution >= 4 is 17.7 Å². The van der Waals surface area contributed by atoms with Crippen LogP contribution in [0.2, 0.25) is 0 Å². The number of ether oxygens (including phenoxy) is 2. The summed E-state index contributed by atoms with van der Waals surface area (Å²) in [5.74, 6) is -1.05. The summed E-state index contributed by atoms with van der Waals surface area (Å²) >= 11 is 0. The van der Waals surface area contributed by atoms with Gasteiger partial charge in [-0.05, 0) is 50.5 Å². The number of hydrogen-bond donors (Lipinski definition) is 3. The highest BCUT2D eigenvalue weighted by Crippen LogP contribution is 2.18. The van der Waals surface area contributed by atoms with Crippen LogP contribution in [0.25, 0.3) is 0 Å². The molecule has 0 spiro atoms. The maximum Gasteiger partial charge on any atom is 0.407 e. The lowest BCUT2D eigenvalue weighted by atomic mass is 10.0. The summed E-state index contributed by atoms with van der Waals surface area (Å²) in [5, 5.41) is 11.6. The summed E-state index contributed by atoms with van der Waals surface area (Å²) in [6, 6.07) is 4.35. The fraction of sp³-hybridized carbons (Fsp3) is 0.500. The minimum atomic E-state index is -1.05. The first kappa shape index (κ1) is 18.8. The third-order valence-corrected chi connectivity index (χ3v) is 3.31. The molecule has 0 fully saturated rings. The molecule has 7 heteroatoms. The van der Waals surface area contributed by atoms with Crippen LogP contribution in [0.3, 0.4) is 0 Å². The molecule has 0 aliphatic carbocycles. The second kappa shape index (κ2) is 8.38. The number of nitrogens with one attached hydrogen (secondary N) is 1. The Morgan fingerprint density at radius 3 is 2.65 bits per heavy atom. The molecule has 1 amide bonds. The van der Waals surface area contributed by atoms with Gasteiger partial charge in [0.1, 0.15) is 5.60 Å². The molecule has 7 nitrogen and oxygen atoms in total. The van der Waals surface area contributed by atoms with Crippen LogP contribution in [0.15, 0.2) is 18.2 Å². The molecule has 0 atom stereocenters. The topological polar surface area (TPSA) is 111 Å². The van der Waals surface area contributed by atoms with Crippen molar-refractivity contribution in [2.45, 2.75) is 38.8 Å². The van der Waals surface area contributed by atoms with Crippen LogP contribution < -0.4 is 11.1 Å². The van der Waals surface area contributed by atoms with Crippen LogP contribution in [0.1, 0.15) is 42.6 Å². The van der Waals surface area contributed by atoms with Crippen molar-refractivity contribution < 1.29 is 24.2 Å². The van der Waals surface area contributed by atoms with E-state index < -0.39 is 17.7 Å². The van der Waals surface area contributed by atoms with Gasteiger partial charge in [0.05, 0.1) is 5.56 Å². The fourth-order valence-corrected chi connectivity index (χ4v) is 2.04. The van der Waals surface area contributed by atoms with E-state index in [9.17, 15) is 9.59 Å². The maximum absolute atomic E-state index is 11.9. The number of anilines is 1. The molecule has 0 saturated heterocycles. The molecule has 0 aliphatic heterocycles. The second-order valence-electron chi connectivity index (χ2n) is 5.82. The number of methoxy groups -OCH3 is 1. The van der Waals surface area contributed by atoms with Gasteiger partial charge in [0, 0.05) is 25.9 Å². The van der Waals surface area contributed by atoms with Gasteiger partial charge in [0.2, 0.25) is 0 Å². The Morgan fingerprint density at radius 2 is 2.04 bits per heavy atom. The van der Waals surface area contributed by atoms with E-state index in [1.165, 1.54) is 18.2 Å². The Balaban J connectivity index is 2.56. The molecule has 1 aromatic carbocycles. The van der Waals surface area contributed by atoms with E-state index in [4.69, 9.17) is 20.3 Å². The SMILES string of the molecule is COCCCC(C)(C)OC(=O)NCc1cc(C(=O)O)ccc1N. The van der Waals surface area contributed by atoms with E-state index in [-0.39, 0.29) is 12.1 Å². The molecule has 0 saturated carbocycles. The van der Waals surface area contributed by atoms with Gasteiger partial charge in [0.15, 0.2) is 0 Å². The van der Waals surface area contributed by atoms with Crippen LogP contribution in [0.4, 0.5) is 10.5 Å². The standard InChI is InChI=1S/C16H24N2O5/c1-16(2,7-4-8-22-3)23-15(21)18-10-12-9-11(14(19)20)5-6-13(12)17/h5-6,9H,4,7-8,10,17H2,1-3H3,(H,18,21)(H,19,20). The van der Waals surface area contributed by atoms with E-state index in [0.29, 0.717) is 24.3 Å². The van der Waals surface area contributed by atoms with Crippen LogP contribution >= 0.6 is 0 Å². The van der Waals surface area contributed by atoms with E-state index in [2.05, 4.69) is 5.32 Å². The third-order valence-electron chi connectivity index (χ3n) is 3.31. The van der Waals surface area contributed by atoms with Crippen molar-refractivity contribution in [2.75, 3.05) is 19.5 Å². The van der Waals surface area contributed by atoms with Crippen LogP contribution in [0, 0.1) is 0 Å². The van der Waals surface area contributed by atoms with Crippen molar-refractivity contribution in [1.82, 2.24) is 5.32 Å². The lowest BCUT2D eigenvalue weighted by Gasteiger charge is -2.25.